The molecule has 0 bridgehead atoms. The third kappa shape index (κ3) is 3.32. The van der Waals surface area contributed by atoms with Gasteiger partial charge in [-0.05, 0) is 63.1 Å². The Kier molecular flexibility index (Phi) is 5.13. The van der Waals surface area contributed by atoms with Gasteiger partial charge in [0, 0.05) is 29.0 Å². The maximum atomic E-state index is 12.7. The fourth-order valence-electron chi connectivity index (χ4n) is 4.88. The number of carbonyl (C=O) groups excluding carboxylic acids is 2. The maximum absolute atomic E-state index is 12.7. The van der Waals surface area contributed by atoms with Gasteiger partial charge >= 0.3 is 0 Å². The number of allylic oxidation sites excluding steroid dienone is 1. The van der Waals surface area contributed by atoms with Crippen LogP contribution in [0.15, 0.2) is 48.6 Å². The minimum atomic E-state index is -0.536. The van der Waals surface area contributed by atoms with Crippen molar-refractivity contribution in [1.29, 1.82) is 0 Å². The number of hydrogen-bond donors (Lipinski definition) is 1. The average Bonchev–Trinajstić information content (AvgIpc) is 2.85. The Morgan fingerprint density at radius 3 is 2.55 bits per heavy atom. The number of amides is 2. The van der Waals surface area contributed by atoms with Crippen molar-refractivity contribution in [3.05, 3.63) is 70.3 Å². The van der Waals surface area contributed by atoms with Crippen molar-refractivity contribution in [3.8, 4) is 0 Å². The van der Waals surface area contributed by atoms with Crippen molar-refractivity contribution in [2.45, 2.75) is 38.6 Å². The first kappa shape index (κ1) is 21.4. The summed E-state index contributed by atoms with van der Waals surface area (Å²) in [5.74, 6) is 0.0775. The van der Waals surface area contributed by atoms with Crippen LogP contribution in [0, 0.1) is 6.92 Å². The summed E-state index contributed by atoms with van der Waals surface area (Å²) in [6.45, 7) is 8.81. The molecule has 2 aliphatic rings. The molecule has 0 saturated carbocycles. The van der Waals surface area contributed by atoms with Gasteiger partial charge in [0.2, 0.25) is 11.8 Å². The molecule has 2 heterocycles. The summed E-state index contributed by atoms with van der Waals surface area (Å²) >= 11 is 6.64. The van der Waals surface area contributed by atoms with E-state index in [1.54, 1.807) is 17.1 Å². The fraction of sp³-hybridized carbons (Fsp3) is 0.360. The third-order valence-corrected chi connectivity index (χ3v) is 6.81. The van der Waals surface area contributed by atoms with E-state index in [2.05, 4.69) is 5.32 Å². The van der Waals surface area contributed by atoms with E-state index >= 15 is 0 Å². The van der Waals surface area contributed by atoms with Crippen LogP contribution in [0.3, 0.4) is 0 Å². The van der Waals surface area contributed by atoms with Gasteiger partial charge in [0.25, 0.3) is 0 Å². The van der Waals surface area contributed by atoms with Crippen LogP contribution in [0.4, 0.5) is 11.4 Å². The molecule has 0 aromatic heterocycles. The molecule has 5 nitrogen and oxygen atoms in total. The Bertz CT molecular complexity index is 1080. The molecule has 1 N–H and O–H groups in total. The Labute approximate surface area is 188 Å². The highest BCUT2D eigenvalue weighted by atomic mass is 35.5. The van der Waals surface area contributed by atoms with Gasteiger partial charge in [0.15, 0.2) is 0 Å². The number of nitrogens with one attached hydrogen (secondary N) is 1. The molecule has 2 aromatic rings. The zero-order valence-corrected chi connectivity index (χ0v) is 19.4. The molecule has 0 aliphatic carbocycles. The molecule has 0 radical (unpaired) electrons. The highest BCUT2D eigenvalue weighted by Crippen LogP contribution is 2.45. The van der Waals surface area contributed by atoms with Crippen molar-refractivity contribution < 1.29 is 9.59 Å². The highest BCUT2D eigenvalue weighted by Gasteiger charge is 2.48. The van der Waals surface area contributed by atoms with Crippen molar-refractivity contribution in [1.82, 2.24) is 4.90 Å². The van der Waals surface area contributed by atoms with Crippen LogP contribution in [0.1, 0.15) is 37.5 Å². The summed E-state index contributed by atoms with van der Waals surface area (Å²) in [5.41, 5.74) is 3.88. The van der Waals surface area contributed by atoms with Gasteiger partial charge in [-0.1, -0.05) is 35.9 Å². The summed E-state index contributed by atoms with van der Waals surface area (Å²) in [4.78, 5) is 28.6. The smallest absolute Gasteiger partial charge is 0.246 e. The normalized spacial score (nSPS) is 18.8. The van der Waals surface area contributed by atoms with Gasteiger partial charge < -0.3 is 15.1 Å². The van der Waals surface area contributed by atoms with Crippen LogP contribution in [-0.2, 0) is 20.5 Å². The number of halogens is 1. The first-order chi connectivity index (χ1) is 14.6. The molecule has 0 spiro atoms. The minimum Gasteiger partial charge on any atom is -0.372 e. The number of likely N-dealkylation sites (tertiary alicyclic amines) is 1. The number of fused-ring (bicyclic) bond motifs is 1. The van der Waals surface area contributed by atoms with E-state index in [0.717, 1.165) is 28.1 Å². The Morgan fingerprint density at radius 2 is 1.90 bits per heavy atom. The fourth-order valence-corrected chi connectivity index (χ4v) is 5.29. The number of rotatable bonds is 4. The molecular weight excluding hydrogens is 410 g/mol. The number of benzene rings is 2. The monoisotopic (exact) mass is 437 g/mol. The van der Waals surface area contributed by atoms with Crippen molar-refractivity contribution >= 4 is 34.8 Å². The Morgan fingerprint density at radius 1 is 1.19 bits per heavy atom. The molecule has 4 rings (SSSR count). The minimum absolute atomic E-state index is 0.00864. The van der Waals surface area contributed by atoms with Gasteiger partial charge in [-0.3, -0.25) is 9.59 Å². The van der Waals surface area contributed by atoms with Crippen molar-refractivity contribution in [2.75, 3.05) is 30.4 Å². The van der Waals surface area contributed by atoms with Crippen LogP contribution >= 0.6 is 11.6 Å². The number of carbonyl (C=O) groups is 2. The van der Waals surface area contributed by atoms with E-state index in [0.29, 0.717) is 18.1 Å². The van der Waals surface area contributed by atoms with Gasteiger partial charge in [0.1, 0.15) is 0 Å². The predicted molar refractivity (Wildman–Crippen MR) is 126 cm³/mol. The van der Waals surface area contributed by atoms with Crippen LogP contribution in [0.25, 0.3) is 0 Å². The van der Waals surface area contributed by atoms with Crippen LogP contribution in [0.2, 0.25) is 5.02 Å². The summed E-state index contributed by atoms with van der Waals surface area (Å²) < 4.78 is 0. The SMILES string of the molecule is C/C=C/C(=O)N1CC(Nc2ccc3c(c2)N(C)C(=O)C3(C)C)(c2c(C)cccc2Cl)C1. The number of likely N-dealkylation sites (N-methyl/N-ethyl adjacent to an activating group) is 1. The number of anilines is 2. The van der Waals surface area contributed by atoms with E-state index in [4.69, 9.17) is 11.6 Å². The molecule has 31 heavy (non-hydrogen) atoms. The van der Waals surface area contributed by atoms with E-state index in [9.17, 15) is 9.59 Å². The van der Waals surface area contributed by atoms with E-state index in [1.165, 1.54) is 0 Å². The van der Waals surface area contributed by atoms with Gasteiger partial charge in [-0.15, -0.1) is 0 Å². The lowest BCUT2D eigenvalue weighted by Gasteiger charge is -2.52. The first-order valence-electron chi connectivity index (χ1n) is 10.5. The van der Waals surface area contributed by atoms with Crippen LogP contribution in [0.5, 0.6) is 0 Å². The largest absolute Gasteiger partial charge is 0.372 e. The number of hydrogen-bond acceptors (Lipinski definition) is 3. The summed E-state index contributed by atoms with van der Waals surface area (Å²) in [6.07, 6.45) is 3.34. The summed E-state index contributed by atoms with van der Waals surface area (Å²) in [6, 6.07) is 11.9. The predicted octanol–water partition coefficient (Wildman–Crippen LogP) is 4.63. The van der Waals surface area contributed by atoms with E-state index in [1.807, 2.05) is 76.0 Å². The highest BCUT2D eigenvalue weighted by molar-refractivity contribution is 6.31. The van der Waals surface area contributed by atoms with Crippen LogP contribution in [-0.4, -0.2) is 36.9 Å². The molecule has 2 aliphatic heterocycles. The van der Waals surface area contributed by atoms with Gasteiger partial charge in [-0.25, -0.2) is 0 Å². The average molecular weight is 438 g/mol. The molecular formula is C25H28ClN3O2. The first-order valence-corrected chi connectivity index (χ1v) is 10.9. The molecule has 1 fully saturated rings. The molecule has 1 saturated heterocycles. The standard InChI is InChI=1S/C25H28ClN3O2/c1-6-8-21(30)29-14-25(15-29,22-16(2)9-7-10-19(22)26)27-17-11-12-18-20(13-17)28(5)23(31)24(18,3)4/h6-13,27H,14-15H2,1-5H3/b8-6+. The molecule has 0 unspecified atom stereocenters. The lowest BCUT2D eigenvalue weighted by Crippen LogP contribution is -2.65. The summed E-state index contributed by atoms with van der Waals surface area (Å²) in [5, 5.41) is 4.35. The quantitative estimate of drug-likeness (QED) is 0.709. The van der Waals surface area contributed by atoms with Gasteiger partial charge in [0.05, 0.1) is 24.0 Å². The number of nitrogens with zero attached hydrogens (tertiary/aromatic N) is 2. The second-order valence-electron chi connectivity index (χ2n) is 9.05. The second-order valence-corrected chi connectivity index (χ2v) is 9.46. The Balaban J connectivity index is 1.73. The van der Waals surface area contributed by atoms with Crippen LogP contribution < -0.4 is 10.2 Å². The van der Waals surface area contributed by atoms with E-state index in [-0.39, 0.29) is 11.8 Å². The second kappa shape index (κ2) is 7.41. The molecule has 6 heteroatoms. The lowest BCUT2D eigenvalue weighted by molar-refractivity contribution is -0.132. The molecule has 2 amide bonds. The Hall–Kier alpha value is -2.79. The van der Waals surface area contributed by atoms with E-state index < -0.39 is 11.0 Å². The maximum Gasteiger partial charge on any atom is 0.246 e. The molecule has 162 valence electrons. The van der Waals surface area contributed by atoms with Gasteiger partial charge in [-0.2, -0.15) is 0 Å². The lowest BCUT2D eigenvalue weighted by atomic mass is 9.79. The zero-order valence-electron chi connectivity index (χ0n) is 18.6. The zero-order chi connectivity index (χ0) is 22.6. The summed E-state index contributed by atoms with van der Waals surface area (Å²) in [7, 11) is 1.81. The topological polar surface area (TPSA) is 52.7 Å². The molecule has 0 atom stereocenters. The van der Waals surface area contributed by atoms with Crippen molar-refractivity contribution in [2.24, 2.45) is 0 Å². The van der Waals surface area contributed by atoms with Crippen molar-refractivity contribution in [3.63, 3.8) is 0 Å². The molecule has 2 aromatic carbocycles. The number of aryl methyl sites for hydroxylation is 1. The third-order valence-electron chi connectivity index (χ3n) is 6.50.